The lowest BCUT2D eigenvalue weighted by Gasteiger charge is -2.05. The summed E-state index contributed by atoms with van der Waals surface area (Å²) < 4.78 is 5.08. The van der Waals surface area contributed by atoms with E-state index in [0.29, 0.717) is 12.2 Å². The first-order chi connectivity index (χ1) is 12.6. The van der Waals surface area contributed by atoms with Gasteiger partial charge in [0.15, 0.2) is 0 Å². The molecule has 0 aliphatic heterocycles. The molecule has 2 aromatic carbocycles. The molecule has 0 spiro atoms. The zero-order chi connectivity index (χ0) is 18.6. The van der Waals surface area contributed by atoms with Crippen LogP contribution in [-0.4, -0.2) is 12.6 Å². The van der Waals surface area contributed by atoms with E-state index in [1.807, 2.05) is 42.5 Å². The SMILES string of the molecule is C=C(C)C(=O)OCCCCCCc1ccc(N=Nc2ccccc2)cc1. The second-order valence-electron chi connectivity index (χ2n) is 6.28. The van der Waals surface area contributed by atoms with Gasteiger partial charge in [0.1, 0.15) is 0 Å². The molecule has 4 heteroatoms. The largest absolute Gasteiger partial charge is 0.462 e. The molecule has 0 atom stereocenters. The molecule has 0 aliphatic rings. The number of aryl methyl sites for hydroxylation is 1. The van der Waals surface area contributed by atoms with Crippen LogP contribution < -0.4 is 0 Å². The Kier molecular flexibility index (Phi) is 8.27. The third kappa shape index (κ3) is 7.43. The van der Waals surface area contributed by atoms with E-state index in [4.69, 9.17) is 4.74 Å². The quantitative estimate of drug-likeness (QED) is 0.218. The van der Waals surface area contributed by atoms with Gasteiger partial charge in [-0.05, 0) is 56.0 Å². The van der Waals surface area contributed by atoms with E-state index in [1.54, 1.807) is 6.92 Å². The Balaban J connectivity index is 1.63. The zero-order valence-corrected chi connectivity index (χ0v) is 15.4. The average Bonchev–Trinajstić information content (AvgIpc) is 2.67. The Hall–Kier alpha value is -2.75. The number of hydrogen-bond acceptors (Lipinski definition) is 4. The summed E-state index contributed by atoms with van der Waals surface area (Å²) in [6.45, 7) is 5.71. The molecule has 2 rings (SSSR count). The van der Waals surface area contributed by atoms with Gasteiger partial charge in [-0.25, -0.2) is 4.79 Å². The number of rotatable bonds is 10. The fourth-order valence-corrected chi connectivity index (χ4v) is 2.41. The van der Waals surface area contributed by atoms with Crippen molar-refractivity contribution in [3.63, 3.8) is 0 Å². The van der Waals surface area contributed by atoms with Gasteiger partial charge in [0.05, 0.1) is 18.0 Å². The van der Waals surface area contributed by atoms with E-state index in [2.05, 4.69) is 28.9 Å². The van der Waals surface area contributed by atoms with Gasteiger partial charge in [0.2, 0.25) is 0 Å². The van der Waals surface area contributed by atoms with Crippen LogP contribution in [0.15, 0.2) is 77.0 Å². The highest BCUT2D eigenvalue weighted by atomic mass is 16.5. The highest BCUT2D eigenvalue weighted by Crippen LogP contribution is 2.19. The zero-order valence-electron chi connectivity index (χ0n) is 15.4. The Morgan fingerprint density at radius 2 is 1.50 bits per heavy atom. The summed E-state index contributed by atoms with van der Waals surface area (Å²) in [6.07, 6.45) is 5.26. The number of benzene rings is 2. The number of unbranched alkanes of at least 4 members (excludes halogenated alkanes) is 3. The van der Waals surface area contributed by atoms with Gasteiger partial charge in [-0.2, -0.15) is 10.2 Å². The number of azo groups is 1. The monoisotopic (exact) mass is 350 g/mol. The molecule has 0 unspecified atom stereocenters. The molecule has 0 fully saturated rings. The highest BCUT2D eigenvalue weighted by Gasteiger charge is 2.02. The number of ether oxygens (including phenoxy) is 1. The van der Waals surface area contributed by atoms with Crippen LogP contribution in [0.3, 0.4) is 0 Å². The van der Waals surface area contributed by atoms with E-state index in [1.165, 1.54) is 5.56 Å². The third-order valence-electron chi connectivity index (χ3n) is 3.91. The molecule has 0 N–H and O–H groups in total. The summed E-state index contributed by atoms with van der Waals surface area (Å²) in [7, 11) is 0. The summed E-state index contributed by atoms with van der Waals surface area (Å²) in [6, 6.07) is 17.9. The first-order valence-electron chi connectivity index (χ1n) is 9.03. The fourth-order valence-electron chi connectivity index (χ4n) is 2.41. The van der Waals surface area contributed by atoms with Crippen molar-refractivity contribution in [1.82, 2.24) is 0 Å². The van der Waals surface area contributed by atoms with E-state index in [0.717, 1.165) is 43.5 Å². The lowest BCUT2D eigenvalue weighted by Crippen LogP contribution is -2.06. The normalized spacial score (nSPS) is 10.8. The fraction of sp³-hybridized carbons (Fsp3) is 0.318. The molecule has 2 aromatic rings. The molecule has 4 nitrogen and oxygen atoms in total. The maximum Gasteiger partial charge on any atom is 0.333 e. The van der Waals surface area contributed by atoms with Crippen LogP contribution in [0.25, 0.3) is 0 Å². The molecule has 0 radical (unpaired) electrons. The molecular formula is C22H26N2O2. The smallest absolute Gasteiger partial charge is 0.333 e. The van der Waals surface area contributed by atoms with Gasteiger partial charge in [-0.15, -0.1) is 0 Å². The standard InChI is InChI=1S/C22H26N2O2/c1-18(2)22(25)26-17-9-4-3-6-10-19-13-15-21(16-14-19)24-23-20-11-7-5-8-12-20/h5,7-8,11-16H,1,3-4,6,9-10,17H2,2H3. The number of esters is 1. The minimum absolute atomic E-state index is 0.297. The summed E-state index contributed by atoms with van der Waals surface area (Å²) in [5.74, 6) is -0.297. The molecule has 26 heavy (non-hydrogen) atoms. The maximum atomic E-state index is 11.2. The predicted octanol–water partition coefficient (Wildman–Crippen LogP) is 6.32. The predicted molar refractivity (Wildman–Crippen MR) is 105 cm³/mol. The van der Waals surface area contributed by atoms with Gasteiger partial charge >= 0.3 is 5.97 Å². The molecule has 0 aromatic heterocycles. The van der Waals surface area contributed by atoms with E-state index in [-0.39, 0.29) is 5.97 Å². The molecule has 0 bridgehead atoms. The van der Waals surface area contributed by atoms with Crippen molar-refractivity contribution in [2.24, 2.45) is 10.2 Å². The number of nitrogens with zero attached hydrogens (tertiary/aromatic N) is 2. The second kappa shape index (κ2) is 11.0. The van der Waals surface area contributed by atoms with Gasteiger partial charge in [0.25, 0.3) is 0 Å². The average molecular weight is 350 g/mol. The molecule has 0 heterocycles. The van der Waals surface area contributed by atoms with E-state index >= 15 is 0 Å². The van der Waals surface area contributed by atoms with Crippen molar-refractivity contribution in [2.45, 2.75) is 39.0 Å². The van der Waals surface area contributed by atoms with Crippen LogP contribution in [0.2, 0.25) is 0 Å². The topological polar surface area (TPSA) is 51.0 Å². The number of carbonyl (C=O) groups is 1. The van der Waals surface area contributed by atoms with E-state index < -0.39 is 0 Å². The van der Waals surface area contributed by atoms with Crippen LogP contribution in [-0.2, 0) is 16.0 Å². The minimum Gasteiger partial charge on any atom is -0.462 e. The van der Waals surface area contributed by atoms with Crippen molar-refractivity contribution in [2.75, 3.05) is 6.61 Å². The molecule has 0 saturated heterocycles. The second-order valence-corrected chi connectivity index (χ2v) is 6.28. The van der Waals surface area contributed by atoms with Crippen LogP contribution in [0.4, 0.5) is 11.4 Å². The van der Waals surface area contributed by atoms with Gasteiger partial charge in [0, 0.05) is 5.57 Å². The molecule has 136 valence electrons. The lowest BCUT2D eigenvalue weighted by atomic mass is 10.1. The lowest BCUT2D eigenvalue weighted by molar-refractivity contribution is -0.139. The number of carbonyl (C=O) groups excluding carboxylic acids is 1. The molecule has 0 amide bonds. The molecular weight excluding hydrogens is 324 g/mol. The van der Waals surface area contributed by atoms with Crippen LogP contribution >= 0.6 is 0 Å². The Morgan fingerprint density at radius 3 is 2.15 bits per heavy atom. The molecule has 0 saturated carbocycles. The first kappa shape index (κ1) is 19.6. The van der Waals surface area contributed by atoms with E-state index in [9.17, 15) is 4.79 Å². The summed E-state index contributed by atoms with van der Waals surface area (Å²) in [5, 5.41) is 8.47. The Labute approximate surface area is 155 Å². The summed E-state index contributed by atoms with van der Waals surface area (Å²) in [4.78, 5) is 11.2. The third-order valence-corrected chi connectivity index (χ3v) is 3.91. The van der Waals surface area contributed by atoms with Crippen molar-refractivity contribution < 1.29 is 9.53 Å². The van der Waals surface area contributed by atoms with Gasteiger partial charge in [-0.3, -0.25) is 0 Å². The maximum absolute atomic E-state index is 11.2. The Bertz CT molecular complexity index is 722. The van der Waals surface area contributed by atoms with Crippen molar-refractivity contribution in [3.05, 3.63) is 72.3 Å². The van der Waals surface area contributed by atoms with Crippen LogP contribution in [0.1, 0.15) is 38.2 Å². The first-order valence-corrected chi connectivity index (χ1v) is 9.03. The van der Waals surface area contributed by atoms with Crippen molar-refractivity contribution >= 4 is 17.3 Å². The van der Waals surface area contributed by atoms with Crippen molar-refractivity contribution in [1.29, 1.82) is 0 Å². The minimum atomic E-state index is -0.297. The number of hydrogen-bond donors (Lipinski definition) is 0. The van der Waals surface area contributed by atoms with Crippen LogP contribution in [0.5, 0.6) is 0 Å². The van der Waals surface area contributed by atoms with Crippen molar-refractivity contribution in [3.8, 4) is 0 Å². The van der Waals surface area contributed by atoms with Crippen LogP contribution in [0, 0.1) is 0 Å². The highest BCUT2D eigenvalue weighted by molar-refractivity contribution is 5.86. The van der Waals surface area contributed by atoms with Gasteiger partial charge < -0.3 is 4.74 Å². The summed E-state index contributed by atoms with van der Waals surface area (Å²) >= 11 is 0. The summed E-state index contributed by atoms with van der Waals surface area (Å²) in [5.41, 5.74) is 3.47. The Morgan fingerprint density at radius 1 is 0.885 bits per heavy atom. The molecule has 0 aliphatic carbocycles. The van der Waals surface area contributed by atoms with Gasteiger partial charge in [-0.1, -0.05) is 49.8 Å².